The summed E-state index contributed by atoms with van der Waals surface area (Å²) in [6, 6.07) is 20.5. The number of phenols is 1. The Morgan fingerprint density at radius 2 is 1.88 bits per heavy atom. The number of carbonyl (C=O) groups is 1. The number of carbonyl (C=O) groups excluding carboxylic acids is 1. The van der Waals surface area contributed by atoms with Gasteiger partial charge in [0.05, 0.1) is 17.9 Å². The van der Waals surface area contributed by atoms with Gasteiger partial charge in [0.2, 0.25) is 0 Å². The van der Waals surface area contributed by atoms with Gasteiger partial charge in [-0.3, -0.25) is 14.2 Å². The predicted octanol–water partition coefficient (Wildman–Crippen LogP) is 4.13. The second kappa shape index (κ2) is 8.68. The molecule has 0 atom stereocenters. The van der Waals surface area contributed by atoms with Gasteiger partial charge in [-0.1, -0.05) is 60.7 Å². The number of fused-ring (bicyclic) bond motifs is 2. The molecule has 3 aromatic carbocycles. The van der Waals surface area contributed by atoms with Crippen molar-refractivity contribution in [1.82, 2.24) is 15.0 Å². The lowest BCUT2D eigenvalue weighted by atomic mass is 10.0. The Bertz CT molecular complexity index is 1570. The molecule has 0 bridgehead atoms. The molecular formula is C25H18N4O3S. The Kier molecular flexibility index (Phi) is 5.42. The van der Waals surface area contributed by atoms with E-state index in [4.69, 9.17) is 0 Å². The lowest BCUT2D eigenvalue weighted by molar-refractivity contribution is -0.121. The smallest absolute Gasteiger partial charge is 0.263 e. The Labute approximate surface area is 192 Å². The summed E-state index contributed by atoms with van der Waals surface area (Å²) in [6.07, 6.45) is 2.77. The van der Waals surface area contributed by atoms with Crippen molar-refractivity contribution in [2.75, 3.05) is 0 Å². The van der Waals surface area contributed by atoms with Crippen LogP contribution in [0.1, 0.15) is 5.56 Å². The van der Waals surface area contributed by atoms with Crippen LogP contribution in [0, 0.1) is 0 Å². The molecule has 2 heterocycles. The summed E-state index contributed by atoms with van der Waals surface area (Å²) in [5, 5.41) is 18.3. The summed E-state index contributed by atoms with van der Waals surface area (Å²) in [7, 11) is 0. The van der Waals surface area contributed by atoms with Crippen LogP contribution >= 0.6 is 11.3 Å². The third-order valence-electron chi connectivity index (χ3n) is 5.29. The van der Waals surface area contributed by atoms with E-state index >= 15 is 0 Å². The molecule has 8 heteroatoms. The van der Waals surface area contributed by atoms with Crippen molar-refractivity contribution < 1.29 is 9.90 Å². The average Bonchev–Trinajstić information content (AvgIpc) is 3.28. The molecule has 0 spiro atoms. The summed E-state index contributed by atoms with van der Waals surface area (Å²) in [5.74, 6) is -0.422. The highest BCUT2D eigenvalue weighted by Crippen LogP contribution is 2.30. The number of hydrazone groups is 1. The van der Waals surface area contributed by atoms with Crippen LogP contribution in [0.3, 0.4) is 0 Å². The van der Waals surface area contributed by atoms with E-state index in [-0.39, 0.29) is 17.9 Å². The maximum Gasteiger partial charge on any atom is 0.263 e. The van der Waals surface area contributed by atoms with Crippen LogP contribution in [-0.2, 0) is 11.3 Å². The molecule has 1 amide bonds. The lowest BCUT2D eigenvalue weighted by Gasteiger charge is -2.06. The molecule has 0 saturated carbocycles. The van der Waals surface area contributed by atoms with E-state index in [9.17, 15) is 14.7 Å². The van der Waals surface area contributed by atoms with Crippen molar-refractivity contribution in [2.24, 2.45) is 5.10 Å². The fourth-order valence-corrected chi connectivity index (χ4v) is 4.60. The van der Waals surface area contributed by atoms with Gasteiger partial charge in [0.15, 0.2) is 0 Å². The van der Waals surface area contributed by atoms with Gasteiger partial charge in [-0.2, -0.15) is 5.10 Å². The molecule has 0 aliphatic carbocycles. The van der Waals surface area contributed by atoms with Crippen molar-refractivity contribution in [1.29, 1.82) is 0 Å². The third kappa shape index (κ3) is 3.99. The fourth-order valence-electron chi connectivity index (χ4n) is 3.69. The zero-order valence-corrected chi connectivity index (χ0v) is 18.1. The molecule has 0 aliphatic rings. The van der Waals surface area contributed by atoms with E-state index in [1.54, 1.807) is 6.07 Å². The predicted molar refractivity (Wildman–Crippen MR) is 131 cm³/mol. The van der Waals surface area contributed by atoms with Gasteiger partial charge in [0.25, 0.3) is 11.5 Å². The topological polar surface area (TPSA) is 96.6 Å². The normalized spacial score (nSPS) is 11.4. The van der Waals surface area contributed by atoms with Crippen molar-refractivity contribution in [3.8, 4) is 16.9 Å². The number of nitrogens with one attached hydrogen (secondary N) is 1. The summed E-state index contributed by atoms with van der Waals surface area (Å²) in [4.78, 5) is 30.5. The monoisotopic (exact) mass is 454 g/mol. The molecule has 5 aromatic rings. The number of aromatic nitrogens is 2. The number of phenolic OH excluding ortho intramolecular Hbond substituents is 1. The van der Waals surface area contributed by atoms with Crippen molar-refractivity contribution >= 4 is 44.4 Å². The molecule has 5 rings (SSSR count). The molecule has 162 valence electrons. The van der Waals surface area contributed by atoms with E-state index in [0.717, 1.165) is 21.9 Å². The van der Waals surface area contributed by atoms with E-state index in [1.807, 2.05) is 66.0 Å². The quantitative estimate of drug-likeness (QED) is 0.308. The van der Waals surface area contributed by atoms with E-state index in [2.05, 4.69) is 15.5 Å². The molecule has 0 unspecified atom stereocenters. The van der Waals surface area contributed by atoms with Crippen LogP contribution in [0.15, 0.2) is 88.3 Å². The molecule has 0 saturated heterocycles. The minimum absolute atomic E-state index is 0.0588. The lowest BCUT2D eigenvalue weighted by Crippen LogP contribution is -2.30. The first-order chi connectivity index (χ1) is 16.1. The zero-order chi connectivity index (χ0) is 22.8. The van der Waals surface area contributed by atoms with Gasteiger partial charge in [-0.05, 0) is 22.4 Å². The highest BCUT2D eigenvalue weighted by molar-refractivity contribution is 7.17. The van der Waals surface area contributed by atoms with E-state index < -0.39 is 5.91 Å². The summed E-state index contributed by atoms with van der Waals surface area (Å²) in [5.41, 5.74) is 4.35. The van der Waals surface area contributed by atoms with Gasteiger partial charge in [-0.25, -0.2) is 10.4 Å². The molecule has 2 aromatic heterocycles. The van der Waals surface area contributed by atoms with Gasteiger partial charge in [0, 0.05) is 16.5 Å². The molecule has 7 nitrogen and oxygen atoms in total. The van der Waals surface area contributed by atoms with Gasteiger partial charge >= 0.3 is 0 Å². The van der Waals surface area contributed by atoms with Gasteiger partial charge in [0.1, 0.15) is 17.1 Å². The Morgan fingerprint density at radius 1 is 1.09 bits per heavy atom. The number of amides is 1. The molecule has 0 fully saturated rings. The number of hydrogen-bond donors (Lipinski definition) is 2. The SMILES string of the molecule is O=C(Cn1cnc2scc(-c3ccccc3)c2c1=O)N/N=C/c1c(O)ccc2ccccc12. The minimum atomic E-state index is -0.481. The number of benzene rings is 3. The number of rotatable bonds is 5. The summed E-state index contributed by atoms with van der Waals surface area (Å²) >= 11 is 1.39. The van der Waals surface area contributed by atoms with Crippen LogP contribution in [-0.4, -0.2) is 26.8 Å². The molecule has 33 heavy (non-hydrogen) atoms. The number of thiophene rings is 1. The van der Waals surface area contributed by atoms with Crippen molar-refractivity contribution in [3.05, 3.63) is 94.4 Å². The summed E-state index contributed by atoms with van der Waals surface area (Å²) < 4.78 is 1.27. The molecule has 2 N–H and O–H groups in total. The second-order valence-corrected chi connectivity index (χ2v) is 8.24. The second-order valence-electron chi connectivity index (χ2n) is 7.39. The first-order valence-corrected chi connectivity index (χ1v) is 11.0. The van der Waals surface area contributed by atoms with Crippen LogP contribution in [0.4, 0.5) is 0 Å². The van der Waals surface area contributed by atoms with E-state index in [1.165, 1.54) is 28.4 Å². The van der Waals surface area contributed by atoms with Crippen molar-refractivity contribution in [2.45, 2.75) is 6.54 Å². The van der Waals surface area contributed by atoms with Crippen LogP contribution in [0.5, 0.6) is 5.75 Å². The Hall–Kier alpha value is -4.30. The highest BCUT2D eigenvalue weighted by Gasteiger charge is 2.14. The van der Waals surface area contributed by atoms with Crippen LogP contribution < -0.4 is 11.0 Å². The summed E-state index contributed by atoms with van der Waals surface area (Å²) in [6.45, 7) is -0.231. The van der Waals surface area contributed by atoms with Gasteiger partial charge in [-0.15, -0.1) is 11.3 Å². The molecule has 0 aliphatic heterocycles. The Morgan fingerprint density at radius 3 is 2.73 bits per heavy atom. The van der Waals surface area contributed by atoms with Gasteiger partial charge < -0.3 is 5.11 Å². The van der Waals surface area contributed by atoms with Crippen molar-refractivity contribution in [3.63, 3.8) is 0 Å². The largest absolute Gasteiger partial charge is 0.507 e. The third-order valence-corrected chi connectivity index (χ3v) is 6.18. The highest BCUT2D eigenvalue weighted by atomic mass is 32.1. The zero-order valence-electron chi connectivity index (χ0n) is 17.3. The van der Waals surface area contributed by atoms with Crippen LogP contribution in [0.25, 0.3) is 32.1 Å². The maximum absolute atomic E-state index is 13.1. The first-order valence-electron chi connectivity index (χ1n) is 10.2. The standard InChI is InChI=1S/C25H18N4O3S/c30-21-11-10-17-8-4-5-9-18(17)19(21)12-27-28-22(31)13-29-15-26-24-23(25(29)32)20(14-33-24)16-6-2-1-3-7-16/h1-12,14-15,30H,13H2,(H,28,31)/b27-12+. The maximum atomic E-state index is 13.1. The number of aromatic hydroxyl groups is 1. The number of nitrogens with zero attached hydrogens (tertiary/aromatic N) is 3. The molecule has 0 radical (unpaired) electrons. The van der Waals surface area contributed by atoms with Crippen LogP contribution in [0.2, 0.25) is 0 Å². The first kappa shape index (κ1) is 20.6. The fraction of sp³-hybridized carbons (Fsp3) is 0.0400. The number of hydrogen-bond acceptors (Lipinski definition) is 6. The Balaban J connectivity index is 1.38. The molecular weight excluding hydrogens is 436 g/mol. The average molecular weight is 455 g/mol. The van der Waals surface area contributed by atoms with E-state index in [0.29, 0.717) is 15.8 Å². The minimum Gasteiger partial charge on any atom is -0.507 e.